The van der Waals surface area contributed by atoms with Crippen LogP contribution in [0, 0.1) is 5.82 Å². The molecule has 110 valence electrons. The number of ether oxygens (including phenoxy) is 2. The zero-order valence-corrected chi connectivity index (χ0v) is 13.2. The maximum absolute atomic E-state index is 13.5. The van der Waals surface area contributed by atoms with Gasteiger partial charge in [-0.15, -0.1) is 0 Å². The van der Waals surface area contributed by atoms with Gasteiger partial charge in [0.15, 0.2) is 17.3 Å². The van der Waals surface area contributed by atoms with E-state index in [1.165, 1.54) is 19.2 Å². The van der Waals surface area contributed by atoms with Crippen molar-refractivity contribution in [3.05, 3.63) is 57.8 Å². The Morgan fingerprint density at radius 2 is 1.81 bits per heavy atom. The summed E-state index contributed by atoms with van der Waals surface area (Å²) in [5.41, 5.74) is 1.12. The minimum atomic E-state index is -0.451. The van der Waals surface area contributed by atoms with Crippen molar-refractivity contribution in [1.29, 1.82) is 0 Å². The fourth-order valence-electron chi connectivity index (χ4n) is 1.95. The number of rotatable bonds is 5. The molecule has 0 atom stereocenters. The van der Waals surface area contributed by atoms with Crippen LogP contribution in [-0.4, -0.2) is 20.0 Å². The number of hydrogen-bond donors (Lipinski definition) is 0. The van der Waals surface area contributed by atoms with Gasteiger partial charge in [0.05, 0.1) is 18.7 Å². The number of hydrogen-bond acceptors (Lipinski definition) is 3. The van der Waals surface area contributed by atoms with Crippen LogP contribution < -0.4 is 9.47 Å². The minimum Gasteiger partial charge on any atom is -0.493 e. The third kappa shape index (κ3) is 3.61. The van der Waals surface area contributed by atoms with E-state index in [-0.39, 0.29) is 12.2 Å². The Kier molecular flexibility index (Phi) is 4.96. The van der Waals surface area contributed by atoms with Gasteiger partial charge in [-0.1, -0.05) is 12.1 Å². The number of methoxy groups -OCH3 is 2. The standard InChI is InChI=1S/C16H14BrFO3/c1-20-15-6-3-10(8-16(15)21-2)7-14(19)11-4-5-12(17)13(18)9-11/h3-6,8-9H,7H2,1-2H3. The monoisotopic (exact) mass is 352 g/mol. The summed E-state index contributed by atoms with van der Waals surface area (Å²) in [6.07, 6.45) is 0.168. The highest BCUT2D eigenvalue weighted by Gasteiger charge is 2.12. The molecule has 0 aliphatic rings. The number of Topliss-reactive ketones (excluding diaryl/α,β-unsaturated/α-hetero) is 1. The Morgan fingerprint density at radius 3 is 2.43 bits per heavy atom. The van der Waals surface area contributed by atoms with Gasteiger partial charge >= 0.3 is 0 Å². The third-order valence-corrected chi connectivity index (χ3v) is 3.70. The van der Waals surface area contributed by atoms with Gasteiger partial charge < -0.3 is 9.47 Å². The fraction of sp³-hybridized carbons (Fsp3) is 0.188. The van der Waals surface area contributed by atoms with Crippen molar-refractivity contribution < 1.29 is 18.7 Å². The van der Waals surface area contributed by atoms with E-state index in [2.05, 4.69) is 15.9 Å². The van der Waals surface area contributed by atoms with Gasteiger partial charge in [0.25, 0.3) is 0 Å². The number of carbonyl (C=O) groups excluding carboxylic acids is 1. The number of halogens is 2. The van der Waals surface area contributed by atoms with Crippen molar-refractivity contribution in [1.82, 2.24) is 0 Å². The molecule has 0 aliphatic heterocycles. The first-order chi connectivity index (χ1) is 10.0. The number of benzene rings is 2. The molecule has 0 saturated heterocycles. The summed E-state index contributed by atoms with van der Waals surface area (Å²) >= 11 is 3.06. The van der Waals surface area contributed by atoms with E-state index in [1.807, 2.05) is 0 Å². The van der Waals surface area contributed by atoms with Crippen molar-refractivity contribution >= 4 is 21.7 Å². The molecule has 2 rings (SSSR count). The van der Waals surface area contributed by atoms with Crippen molar-refractivity contribution in [2.24, 2.45) is 0 Å². The summed E-state index contributed by atoms with van der Waals surface area (Å²) in [5.74, 6) is 0.551. The maximum atomic E-state index is 13.5. The Balaban J connectivity index is 2.21. The zero-order chi connectivity index (χ0) is 15.4. The van der Waals surface area contributed by atoms with E-state index in [0.29, 0.717) is 21.5 Å². The quantitative estimate of drug-likeness (QED) is 0.762. The summed E-state index contributed by atoms with van der Waals surface area (Å²) < 4.78 is 24.1. The van der Waals surface area contributed by atoms with Crippen LogP contribution >= 0.6 is 15.9 Å². The molecule has 0 unspecified atom stereocenters. The Bertz CT molecular complexity index is 671. The van der Waals surface area contributed by atoms with Crippen LogP contribution in [0.5, 0.6) is 11.5 Å². The molecular weight excluding hydrogens is 339 g/mol. The van der Waals surface area contributed by atoms with Gasteiger partial charge in [-0.3, -0.25) is 4.79 Å². The van der Waals surface area contributed by atoms with Gasteiger partial charge in [0, 0.05) is 12.0 Å². The molecule has 0 aromatic heterocycles. The van der Waals surface area contributed by atoms with Gasteiger partial charge in [0.1, 0.15) is 5.82 Å². The number of carbonyl (C=O) groups is 1. The van der Waals surface area contributed by atoms with Gasteiger partial charge in [-0.25, -0.2) is 4.39 Å². The van der Waals surface area contributed by atoms with Gasteiger partial charge in [-0.2, -0.15) is 0 Å². The van der Waals surface area contributed by atoms with Crippen LogP contribution in [0.4, 0.5) is 4.39 Å². The van der Waals surface area contributed by atoms with Crippen LogP contribution in [0.25, 0.3) is 0 Å². The maximum Gasteiger partial charge on any atom is 0.167 e. The van der Waals surface area contributed by atoms with Crippen LogP contribution in [0.3, 0.4) is 0 Å². The average Bonchev–Trinajstić information content (AvgIpc) is 2.49. The lowest BCUT2D eigenvalue weighted by molar-refractivity contribution is 0.0992. The first kappa shape index (κ1) is 15.5. The highest BCUT2D eigenvalue weighted by molar-refractivity contribution is 9.10. The van der Waals surface area contributed by atoms with Crippen molar-refractivity contribution in [2.45, 2.75) is 6.42 Å². The molecule has 0 N–H and O–H groups in total. The topological polar surface area (TPSA) is 35.5 Å². The Morgan fingerprint density at radius 1 is 1.10 bits per heavy atom. The third-order valence-electron chi connectivity index (χ3n) is 3.05. The molecule has 0 bridgehead atoms. The molecule has 0 fully saturated rings. The molecule has 2 aromatic carbocycles. The molecular formula is C16H14BrFO3. The summed E-state index contributed by atoms with van der Waals surface area (Å²) in [6, 6.07) is 9.62. The SMILES string of the molecule is COc1ccc(CC(=O)c2ccc(Br)c(F)c2)cc1OC. The molecule has 0 aliphatic carbocycles. The molecule has 0 radical (unpaired) electrons. The molecule has 0 spiro atoms. The molecule has 2 aromatic rings. The van der Waals surface area contributed by atoms with Crippen LogP contribution in [0.15, 0.2) is 40.9 Å². The lowest BCUT2D eigenvalue weighted by Crippen LogP contribution is -2.04. The smallest absolute Gasteiger partial charge is 0.167 e. The zero-order valence-electron chi connectivity index (χ0n) is 11.7. The highest BCUT2D eigenvalue weighted by Crippen LogP contribution is 2.28. The second-order valence-electron chi connectivity index (χ2n) is 4.42. The van der Waals surface area contributed by atoms with Crippen molar-refractivity contribution in [3.8, 4) is 11.5 Å². The van der Waals surface area contributed by atoms with E-state index >= 15 is 0 Å². The molecule has 0 saturated carbocycles. The van der Waals surface area contributed by atoms with Gasteiger partial charge in [-0.05, 0) is 45.8 Å². The van der Waals surface area contributed by atoms with Crippen LogP contribution in [0.1, 0.15) is 15.9 Å². The summed E-state index contributed by atoms with van der Waals surface area (Å²) in [7, 11) is 3.08. The van der Waals surface area contributed by atoms with E-state index in [0.717, 1.165) is 5.56 Å². The lowest BCUT2D eigenvalue weighted by atomic mass is 10.0. The lowest BCUT2D eigenvalue weighted by Gasteiger charge is -2.09. The van der Waals surface area contributed by atoms with Crippen LogP contribution in [-0.2, 0) is 6.42 Å². The predicted octanol–water partition coefficient (Wildman–Crippen LogP) is 4.03. The summed E-state index contributed by atoms with van der Waals surface area (Å²) in [5, 5.41) is 0. The summed E-state index contributed by atoms with van der Waals surface area (Å²) in [6.45, 7) is 0. The molecule has 0 heterocycles. The summed E-state index contributed by atoms with van der Waals surface area (Å²) in [4.78, 5) is 12.2. The van der Waals surface area contributed by atoms with E-state index < -0.39 is 5.82 Å². The fourth-order valence-corrected chi connectivity index (χ4v) is 2.19. The molecule has 3 nitrogen and oxygen atoms in total. The second-order valence-corrected chi connectivity index (χ2v) is 5.27. The van der Waals surface area contributed by atoms with Gasteiger partial charge in [0.2, 0.25) is 0 Å². The normalized spacial score (nSPS) is 10.3. The molecule has 21 heavy (non-hydrogen) atoms. The van der Waals surface area contributed by atoms with E-state index in [4.69, 9.17) is 9.47 Å². The highest BCUT2D eigenvalue weighted by atomic mass is 79.9. The van der Waals surface area contributed by atoms with E-state index in [9.17, 15) is 9.18 Å². The first-order valence-corrected chi connectivity index (χ1v) is 7.03. The van der Waals surface area contributed by atoms with E-state index in [1.54, 1.807) is 31.4 Å². The average molecular weight is 353 g/mol. The Hall–Kier alpha value is -1.88. The first-order valence-electron chi connectivity index (χ1n) is 6.24. The second kappa shape index (κ2) is 6.72. The molecule has 5 heteroatoms. The number of ketones is 1. The van der Waals surface area contributed by atoms with Crippen molar-refractivity contribution in [3.63, 3.8) is 0 Å². The Labute approximate surface area is 130 Å². The minimum absolute atomic E-state index is 0.159. The largest absolute Gasteiger partial charge is 0.493 e. The van der Waals surface area contributed by atoms with Crippen molar-refractivity contribution in [2.75, 3.05) is 14.2 Å². The van der Waals surface area contributed by atoms with Crippen LogP contribution in [0.2, 0.25) is 0 Å². The molecule has 0 amide bonds. The predicted molar refractivity (Wildman–Crippen MR) is 81.7 cm³/mol.